The van der Waals surface area contributed by atoms with E-state index in [1.54, 1.807) is 6.92 Å². The molecule has 0 unspecified atom stereocenters. The maximum absolute atomic E-state index is 11.6. The molecule has 10 N–H and O–H groups in total. The lowest BCUT2D eigenvalue weighted by atomic mass is 9.47. The second kappa shape index (κ2) is 16.9. The second-order valence-corrected chi connectivity index (χ2v) is 21.5. The summed E-state index contributed by atoms with van der Waals surface area (Å²) >= 11 is 0. The van der Waals surface area contributed by atoms with E-state index < -0.39 is 122 Å². The van der Waals surface area contributed by atoms with E-state index in [2.05, 4.69) is 26.8 Å². The summed E-state index contributed by atoms with van der Waals surface area (Å²) in [6.07, 6.45) is -14.9. The van der Waals surface area contributed by atoms with Gasteiger partial charge < -0.3 is 89.0 Å². The number of aliphatic hydroxyl groups is 10. The summed E-state index contributed by atoms with van der Waals surface area (Å²) in [7, 11) is 0. The van der Waals surface area contributed by atoms with Crippen LogP contribution >= 0.6 is 0 Å². The van der Waals surface area contributed by atoms with Gasteiger partial charge in [-0.1, -0.05) is 32.4 Å². The highest BCUT2D eigenvalue weighted by molar-refractivity contribution is 5.27. The normalized spacial score (nSPS) is 59.3. The van der Waals surface area contributed by atoms with Crippen molar-refractivity contribution in [3.63, 3.8) is 0 Å². The van der Waals surface area contributed by atoms with Crippen LogP contribution in [-0.2, 0) is 37.9 Å². The van der Waals surface area contributed by atoms with Gasteiger partial charge in [-0.15, -0.1) is 0 Å². The van der Waals surface area contributed by atoms with Crippen LogP contribution in [0.1, 0.15) is 92.9 Å². The number of allylic oxidation sites excluding steroid dienone is 1. The Labute approximate surface area is 368 Å². The minimum atomic E-state index is -1.75. The molecule has 5 heterocycles. The van der Waals surface area contributed by atoms with Crippen molar-refractivity contribution in [2.75, 3.05) is 13.2 Å². The van der Waals surface area contributed by atoms with Gasteiger partial charge in [0.15, 0.2) is 24.7 Å². The Kier molecular flexibility index (Phi) is 12.6. The van der Waals surface area contributed by atoms with Crippen LogP contribution in [0.3, 0.4) is 0 Å². The van der Waals surface area contributed by atoms with E-state index in [0.29, 0.717) is 30.6 Å². The molecule has 0 bridgehead atoms. The van der Waals surface area contributed by atoms with E-state index in [1.165, 1.54) is 19.4 Å². The zero-order chi connectivity index (χ0) is 45.3. The molecule has 3 saturated carbocycles. The molecule has 4 aliphatic carbocycles. The molecule has 360 valence electrons. The third-order valence-corrected chi connectivity index (χ3v) is 17.7. The Hall–Kier alpha value is -0.980. The van der Waals surface area contributed by atoms with Gasteiger partial charge in [-0.25, -0.2) is 0 Å². The monoisotopic (exact) mass is 900 g/mol. The lowest BCUT2D eigenvalue weighted by Crippen LogP contribution is -2.67. The zero-order valence-electron chi connectivity index (χ0n) is 37.2. The fourth-order valence-corrected chi connectivity index (χ4v) is 14.1. The summed E-state index contributed by atoms with van der Waals surface area (Å²) in [5.41, 5.74) is 0.0735. The number of hydrogen-bond acceptors (Lipinski definition) is 18. The summed E-state index contributed by atoms with van der Waals surface area (Å²) < 4.78 is 49.9. The molecule has 27 atom stereocenters. The Morgan fingerprint density at radius 3 is 1.97 bits per heavy atom. The molecular weight excluding hydrogens is 828 g/mol. The van der Waals surface area contributed by atoms with Gasteiger partial charge in [0.2, 0.25) is 0 Å². The van der Waals surface area contributed by atoms with Crippen molar-refractivity contribution in [1.82, 2.24) is 0 Å². The van der Waals surface area contributed by atoms with E-state index in [-0.39, 0.29) is 41.8 Å². The van der Waals surface area contributed by atoms with Gasteiger partial charge in [-0.05, 0) is 100 Å². The molecule has 63 heavy (non-hydrogen) atoms. The molecule has 5 saturated heterocycles. The number of aliphatic hydroxyl groups excluding tert-OH is 9. The van der Waals surface area contributed by atoms with Crippen LogP contribution in [0.15, 0.2) is 11.6 Å². The lowest BCUT2D eigenvalue weighted by molar-refractivity contribution is -0.393. The molecule has 1 spiro atoms. The first kappa shape index (κ1) is 47.1. The molecule has 8 fully saturated rings. The third kappa shape index (κ3) is 7.62. The fourth-order valence-electron chi connectivity index (χ4n) is 14.1. The summed E-state index contributed by atoms with van der Waals surface area (Å²) in [5.74, 6) is 0.346. The van der Waals surface area contributed by atoms with Crippen molar-refractivity contribution in [2.45, 2.75) is 215 Å². The van der Waals surface area contributed by atoms with Crippen LogP contribution in [0.25, 0.3) is 0 Å². The van der Waals surface area contributed by atoms with Crippen LogP contribution in [-0.4, -0.2) is 186 Å². The highest BCUT2D eigenvalue weighted by Crippen LogP contribution is 2.71. The van der Waals surface area contributed by atoms with Gasteiger partial charge in [-0.2, -0.15) is 0 Å². The van der Waals surface area contributed by atoms with Gasteiger partial charge in [0.1, 0.15) is 67.1 Å². The Morgan fingerprint density at radius 2 is 1.35 bits per heavy atom. The SMILES string of the molecule is C[C@@H]1O[C@@H](O[C@H]2[C@H](O[C@H]3CC[C@@]4(C)C(=CC[C@H]5[C@@H]6C[C@@H]7O[C@]8(OC[C@](C)(O)C[C@@H]8O)[C@@H](C)[C@@H]7[C@@]6(C)CC[C@@H]54)C3)O[C@H](CO)[C@@H](O)[C@@H]2O[C@@H]2O[C@@H](C)[C@H](O)[C@@H](O)[C@H]2O)[C@H](O)[C@H](O)[C@H]1O. The topological polar surface area (TPSA) is 276 Å². The quantitative estimate of drug-likeness (QED) is 0.142. The van der Waals surface area contributed by atoms with Crippen LogP contribution in [0, 0.1) is 40.4 Å². The highest BCUT2D eigenvalue weighted by atomic mass is 16.8. The first-order valence-electron chi connectivity index (χ1n) is 23.4. The van der Waals surface area contributed by atoms with Crippen LogP contribution in [0.5, 0.6) is 0 Å². The third-order valence-electron chi connectivity index (χ3n) is 17.7. The van der Waals surface area contributed by atoms with E-state index in [4.69, 9.17) is 37.9 Å². The molecule has 5 aliphatic heterocycles. The Balaban J connectivity index is 0.935. The van der Waals surface area contributed by atoms with Crippen molar-refractivity contribution < 1.29 is 89.0 Å². The first-order valence-corrected chi connectivity index (χ1v) is 23.4. The maximum atomic E-state index is 11.6. The predicted molar refractivity (Wildman–Crippen MR) is 216 cm³/mol. The van der Waals surface area contributed by atoms with Crippen molar-refractivity contribution in [1.29, 1.82) is 0 Å². The summed E-state index contributed by atoms with van der Waals surface area (Å²) in [5, 5.41) is 108. The van der Waals surface area contributed by atoms with Crippen molar-refractivity contribution >= 4 is 0 Å². The maximum Gasteiger partial charge on any atom is 0.197 e. The van der Waals surface area contributed by atoms with Crippen LogP contribution in [0.4, 0.5) is 0 Å². The summed E-state index contributed by atoms with van der Waals surface area (Å²) in [4.78, 5) is 0. The zero-order valence-corrected chi connectivity index (χ0v) is 37.2. The summed E-state index contributed by atoms with van der Waals surface area (Å²) in [6.45, 7) is 11.1. The minimum Gasteiger partial charge on any atom is -0.394 e. The molecule has 0 radical (unpaired) electrons. The fraction of sp³-hybridized carbons (Fsp3) is 0.956. The number of ether oxygens (including phenoxy) is 8. The van der Waals surface area contributed by atoms with Gasteiger partial charge in [-0.3, -0.25) is 0 Å². The lowest BCUT2D eigenvalue weighted by Gasteiger charge is -2.59. The van der Waals surface area contributed by atoms with Crippen LogP contribution < -0.4 is 0 Å². The average molecular weight is 901 g/mol. The Bertz CT molecular complexity index is 1690. The number of hydrogen-bond donors (Lipinski definition) is 10. The molecular formula is C45H72O18. The van der Waals surface area contributed by atoms with Crippen molar-refractivity contribution in [2.24, 2.45) is 40.4 Å². The second-order valence-electron chi connectivity index (χ2n) is 21.5. The molecule has 18 heteroatoms. The molecule has 9 aliphatic rings. The van der Waals surface area contributed by atoms with Gasteiger partial charge in [0.05, 0.1) is 43.2 Å². The highest BCUT2D eigenvalue weighted by Gasteiger charge is 2.71. The first-order chi connectivity index (χ1) is 29.6. The van der Waals surface area contributed by atoms with E-state index in [0.717, 1.165) is 32.1 Å². The van der Waals surface area contributed by atoms with E-state index in [1.807, 2.05) is 0 Å². The molecule has 0 aromatic heterocycles. The predicted octanol–water partition coefficient (Wildman–Crippen LogP) is -0.673. The smallest absolute Gasteiger partial charge is 0.197 e. The molecule has 0 amide bonds. The molecule has 0 aromatic carbocycles. The van der Waals surface area contributed by atoms with Gasteiger partial charge in [0.25, 0.3) is 0 Å². The van der Waals surface area contributed by atoms with Gasteiger partial charge >= 0.3 is 0 Å². The molecule has 18 nitrogen and oxygen atoms in total. The van der Waals surface area contributed by atoms with E-state index >= 15 is 0 Å². The van der Waals surface area contributed by atoms with Crippen LogP contribution in [0.2, 0.25) is 0 Å². The van der Waals surface area contributed by atoms with Crippen molar-refractivity contribution in [3.8, 4) is 0 Å². The van der Waals surface area contributed by atoms with E-state index in [9.17, 15) is 51.1 Å². The van der Waals surface area contributed by atoms with Gasteiger partial charge in [0, 0.05) is 12.3 Å². The summed E-state index contributed by atoms with van der Waals surface area (Å²) in [6, 6.07) is 0. The Morgan fingerprint density at radius 1 is 0.714 bits per heavy atom. The largest absolute Gasteiger partial charge is 0.394 e. The average Bonchev–Trinajstić information content (AvgIpc) is 3.70. The number of fused-ring (bicyclic) bond motifs is 7. The molecule has 9 rings (SSSR count). The number of rotatable bonds is 7. The van der Waals surface area contributed by atoms with Crippen molar-refractivity contribution in [3.05, 3.63) is 11.6 Å². The molecule has 0 aromatic rings. The minimum absolute atomic E-state index is 0.00421. The standard InChI is InChI=1S/C45H72O18/c1-18-29-26(63-45(18)28(47)15-42(4,55)17-56-45)14-25-23-8-7-21-13-22(9-11-43(21,5)24(23)10-12-44(25,29)6)59-41-38(62-40-36(54)34(52)31(49)20(3)58-40)37(32(50)27(16-46)60-41)61-39-35(53)33(51)30(48)19(2)57-39/h7,18-20,22-41,46-55H,8-17H2,1-6H3/t18-,19-,20-,22-,23+,24-,25-,26-,27+,28-,29-,30-,31-,32+,33+,34+,35+,36+,37-,38+,39-,40-,41+,42+,43-,44-,45+/m0/s1.